The number of hydrogen-bond donors (Lipinski definition) is 2. The van der Waals surface area contributed by atoms with E-state index in [9.17, 15) is 4.79 Å². The highest BCUT2D eigenvalue weighted by Crippen LogP contribution is 2.15. The van der Waals surface area contributed by atoms with Gasteiger partial charge >= 0.3 is 0 Å². The number of rotatable bonds is 4. The summed E-state index contributed by atoms with van der Waals surface area (Å²) in [7, 11) is 0. The number of halogens is 1. The van der Waals surface area contributed by atoms with Crippen LogP contribution in [0.15, 0.2) is 36.4 Å². The first-order valence-electron chi connectivity index (χ1n) is 6.46. The van der Waals surface area contributed by atoms with Crippen LogP contribution in [-0.4, -0.2) is 12.5 Å². The molecule has 0 unspecified atom stereocenters. The van der Waals surface area contributed by atoms with Gasteiger partial charge in [0.1, 0.15) is 0 Å². The second-order valence-corrected chi connectivity index (χ2v) is 5.96. The van der Waals surface area contributed by atoms with E-state index in [1.165, 1.54) is 0 Å². The van der Waals surface area contributed by atoms with Crippen LogP contribution in [-0.2, 0) is 17.8 Å². The van der Waals surface area contributed by atoms with Gasteiger partial charge in [-0.15, -0.1) is 11.3 Å². The third-order valence-electron chi connectivity index (χ3n) is 2.71. The first kappa shape index (κ1) is 15.6. The van der Waals surface area contributed by atoms with Crippen molar-refractivity contribution in [1.82, 2.24) is 5.32 Å². The van der Waals surface area contributed by atoms with Crippen molar-refractivity contribution in [2.75, 3.05) is 6.54 Å². The summed E-state index contributed by atoms with van der Waals surface area (Å²) in [6.07, 6.45) is 0.350. The van der Waals surface area contributed by atoms with Crippen LogP contribution in [0.4, 0.5) is 0 Å². The minimum absolute atomic E-state index is 0.0136. The molecule has 3 nitrogen and oxygen atoms in total. The highest BCUT2D eigenvalue weighted by Gasteiger charge is 2.04. The average Bonchev–Trinajstić information content (AvgIpc) is 2.93. The summed E-state index contributed by atoms with van der Waals surface area (Å²) < 4.78 is 0. The van der Waals surface area contributed by atoms with Crippen LogP contribution in [0, 0.1) is 11.8 Å². The van der Waals surface area contributed by atoms with Gasteiger partial charge in [0.15, 0.2) is 0 Å². The fraction of sp³-hybridized carbons (Fsp3) is 0.188. The van der Waals surface area contributed by atoms with E-state index in [1.807, 2.05) is 24.3 Å². The molecule has 0 saturated heterocycles. The third kappa shape index (κ3) is 5.24. The maximum absolute atomic E-state index is 11.9. The SMILES string of the molecule is NCC#Cc1ccc(CNC(=O)Cc2ccc(Cl)cc2)s1. The second-order valence-electron chi connectivity index (χ2n) is 4.35. The van der Waals surface area contributed by atoms with Gasteiger partial charge in [-0.05, 0) is 29.8 Å². The number of nitrogens with one attached hydrogen (secondary N) is 1. The Labute approximate surface area is 133 Å². The van der Waals surface area contributed by atoms with Crippen molar-refractivity contribution >= 4 is 28.8 Å². The van der Waals surface area contributed by atoms with Gasteiger partial charge in [-0.1, -0.05) is 35.6 Å². The van der Waals surface area contributed by atoms with E-state index in [2.05, 4.69) is 17.2 Å². The van der Waals surface area contributed by atoms with Gasteiger partial charge < -0.3 is 11.1 Å². The highest BCUT2D eigenvalue weighted by atomic mass is 35.5. The summed E-state index contributed by atoms with van der Waals surface area (Å²) >= 11 is 7.37. The Hall–Kier alpha value is -1.80. The first-order chi connectivity index (χ1) is 10.2. The molecule has 0 aliphatic rings. The van der Waals surface area contributed by atoms with E-state index in [0.29, 0.717) is 24.5 Å². The van der Waals surface area contributed by atoms with Gasteiger partial charge in [-0.25, -0.2) is 0 Å². The highest BCUT2D eigenvalue weighted by molar-refractivity contribution is 7.12. The van der Waals surface area contributed by atoms with E-state index in [0.717, 1.165) is 15.3 Å². The van der Waals surface area contributed by atoms with Crippen molar-refractivity contribution in [2.24, 2.45) is 5.73 Å². The average molecular weight is 319 g/mol. The number of thiophene rings is 1. The number of carbonyl (C=O) groups is 1. The topological polar surface area (TPSA) is 55.1 Å². The molecule has 108 valence electrons. The predicted octanol–water partition coefficient (Wildman–Crippen LogP) is 2.57. The summed E-state index contributed by atoms with van der Waals surface area (Å²) in [6.45, 7) is 0.868. The van der Waals surface area contributed by atoms with Gasteiger partial charge in [0, 0.05) is 9.90 Å². The number of carbonyl (C=O) groups excluding carboxylic acids is 1. The molecule has 0 spiro atoms. The molecule has 1 aromatic heterocycles. The van der Waals surface area contributed by atoms with Crippen LogP contribution >= 0.6 is 22.9 Å². The molecule has 21 heavy (non-hydrogen) atoms. The molecular weight excluding hydrogens is 304 g/mol. The van der Waals surface area contributed by atoms with Crippen molar-refractivity contribution < 1.29 is 4.79 Å². The summed E-state index contributed by atoms with van der Waals surface area (Å²) in [6, 6.07) is 11.2. The Morgan fingerprint density at radius 1 is 1.24 bits per heavy atom. The largest absolute Gasteiger partial charge is 0.351 e. The zero-order valence-electron chi connectivity index (χ0n) is 11.4. The van der Waals surface area contributed by atoms with Crippen molar-refractivity contribution in [2.45, 2.75) is 13.0 Å². The van der Waals surface area contributed by atoms with Crippen LogP contribution in [0.2, 0.25) is 5.02 Å². The van der Waals surface area contributed by atoms with E-state index < -0.39 is 0 Å². The van der Waals surface area contributed by atoms with Crippen molar-refractivity contribution in [3.05, 3.63) is 56.7 Å². The van der Waals surface area contributed by atoms with Crippen LogP contribution in [0.25, 0.3) is 0 Å². The third-order valence-corrected chi connectivity index (χ3v) is 3.97. The molecule has 0 radical (unpaired) electrons. The second kappa shape index (κ2) is 7.84. The molecule has 1 heterocycles. The number of amides is 1. The summed E-state index contributed by atoms with van der Waals surface area (Å²) in [4.78, 5) is 13.9. The maximum Gasteiger partial charge on any atom is 0.224 e. The van der Waals surface area contributed by atoms with E-state index in [4.69, 9.17) is 17.3 Å². The Bertz CT molecular complexity index is 668. The summed E-state index contributed by atoms with van der Waals surface area (Å²) in [5.74, 6) is 5.77. The van der Waals surface area contributed by atoms with Crippen LogP contribution in [0.5, 0.6) is 0 Å². The summed E-state index contributed by atoms with van der Waals surface area (Å²) in [5.41, 5.74) is 6.27. The Kier molecular flexibility index (Phi) is 5.82. The standard InChI is InChI=1S/C16H15ClN2OS/c17-13-5-3-12(4-6-13)10-16(20)19-11-15-8-7-14(21-15)2-1-9-18/h3-8H,9-11,18H2,(H,19,20). The molecule has 5 heteroatoms. The Morgan fingerprint density at radius 2 is 2.00 bits per heavy atom. The zero-order valence-corrected chi connectivity index (χ0v) is 12.9. The Balaban J connectivity index is 1.83. The van der Waals surface area contributed by atoms with E-state index in [1.54, 1.807) is 23.5 Å². The molecule has 0 aliphatic carbocycles. The van der Waals surface area contributed by atoms with Crippen molar-refractivity contribution in [3.8, 4) is 11.8 Å². The first-order valence-corrected chi connectivity index (χ1v) is 7.65. The van der Waals surface area contributed by atoms with Gasteiger partial charge in [-0.2, -0.15) is 0 Å². The van der Waals surface area contributed by atoms with E-state index in [-0.39, 0.29) is 5.91 Å². The Morgan fingerprint density at radius 3 is 2.71 bits per heavy atom. The maximum atomic E-state index is 11.9. The zero-order chi connectivity index (χ0) is 15.1. The lowest BCUT2D eigenvalue weighted by Crippen LogP contribution is -2.24. The minimum atomic E-state index is -0.0136. The molecule has 1 amide bonds. The van der Waals surface area contributed by atoms with Crippen molar-refractivity contribution in [1.29, 1.82) is 0 Å². The van der Waals surface area contributed by atoms with Crippen LogP contribution in [0.1, 0.15) is 15.3 Å². The molecule has 0 atom stereocenters. The molecule has 1 aromatic carbocycles. The van der Waals surface area contributed by atoms with Crippen LogP contribution in [0.3, 0.4) is 0 Å². The lowest BCUT2D eigenvalue weighted by molar-refractivity contribution is -0.120. The summed E-state index contributed by atoms with van der Waals surface area (Å²) in [5, 5.41) is 3.57. The fourth-order valence-corrected chi connectivity index (χ4v) is 2.66. The molecule has 0 fully saturated rings. The number of hydrogen-bond acceptors (Lipinski definition) is 3. The number of benzene rings is 1. The lowest BCUT2D eigenvalue weighted by Gasteiger charge is -2.04. The molecule has 0 aliphatic heterocycles. The molecule has 3 N–H and O–H groups in total. The smallest absolute Gasteiger partial charge is 0.224 e. The molecular formula is C16H15ClN2OS. The van der Waals surface area contributed by atoms with Gasteiger partial charge in [-0.3, -0.25) is 4.79 Å². The molecule has 0 saturated carbocycles. The van der Waals surface area contributed by atoms with Crippen molar-refractivity contribution in [3.63, 3.8) is 0 Å². The molecule has 2 rings (SSSR count). The quantitative estimate of drug-likeness (QED) is 0.851. The predicted molar refractivity (Wildman–Crippen MR) is 87.3 cm³/mol. The van der Waals surface area contributed by atoms with Gasteiger partial charge in [0.25, 0.3) is 0 Å². The normalized spacial score (nSPS) is 9.81. The fourth-order valence-electron chi connectivity index (χ4n) is 1.71. The lowest BCUT2D eigenvalue weighted by atomic mass is 10.1. The molecule has 2 aromatic rings. The van der Waals surface area contributed by atoms with Gasteiger partial charge in [0.05, 0.1) is 24.4 Å². The van der Waals surface area contributed by atoms with Gasteiger partial charge in [0.2, 0.25) is 5.91 Å². The minimum Gasteiger partial charge on any atom is -0.351 e. The van der Waals surface area contributed by atoms with Crippen LogP contribution < -0.4 is 11.1 Å². The molecule has 0 bridgehead atoms. The van der Waals surface area contributed by atoms with E-state index >= 15 is 0 Å². The monoisotopic (exact) mass is 318 g/mol. The number of nitrogens with two attached hydrogens (primary N) is 1.